The van der Waals surface area contributed by atoms with Gasteiger partial charge >= 0.3 is 0 Å². The van der Waals surface area contributed by atoms with Gasteiger partial charge in [0.25, 0.3) is 5.91 Å². The highest BCUT2D eigenvalue weighted by Crippen LogP contribution is 2.40. The Bertz CT molecular complexity index is 1210. The van der Waals surface area contributed by atoms with Gasteiger partial charge in [0.1, 0.15) is 10.8 Å². The van der Waals surface area contributed by atoms with Gasteiger partial charge < -0.3 is 10.1 Å². The summed E-state index contributed by atoms with van der Waals surface area (Å²) in [5, 5.41) is 4.50. The Balaban J connectivity index is 1.65. The topological polar surface area (TPSA) is 51.2 Å². The zero-order valence-electron chi connectivity index (χ0n) is 16.8. The minimum Gasteiger partial charge on any atom is -0.494 e. The fourth-order valence-electron chi connectivity index (χ4n) is 3.10. The fourth-order valence-corrected chi connectivity index (χ4v) is 4.63. The van der Waals surface area contributed by atoms with Gasteiger partial charge in [0.05, 0.1) is 27.5 Å². The van der Waals surface area contributed by atoms with Crippen LogP contribution in [0.5, 0.6) is 5.75 Å². The fraction of sp³-hybridized carbons (Fsp3) is 0.167. The molecule has 3 aromatic carbocycles. The van der Waals surface area contributed by atoms with Crippen molar-refractivity contribution in [1.29, 1.82) is 0 Å². The van der Waals surface area contributed by atoms with Crippen molar-refractivity contribution >= 4 is 56.3 Å². The number of carbonyl (C=O) groups excluding carboxylic acids is 1. The van der Waals surface area contributed by atoms with Gasteiger partial charge in [-0.15, -0.1) is 11.3 Å². The number of carbonyl (C=O) groups is 1. The molecule has 0 bridgehead atoms. The molecule has 0 aliphatic heterocycles. The van der Waals surface area contributed by atoms with E-state index in [1.54, 1.807) is 30.3 Å². The molecule has 4 nitrogen and oxygen atoms in total. The van der Waals surface area contributed by atoms with E-state index in [1.807, 2.05) is 30.3 Å². The van der Waals surface area contributed by atoms with Crippen LogP contribution in [0.2, 0.25) is 10.0 Å². The van der Waals surface area contributed by atoms with Crippen LogP contribution >= 0.6 is 34.5 Å². The van der Waals surface area contributed by atoms with E-state index in [1.165, 1.54) is 11.3 Å². The number of ether oxygens (including phenoxy) is 1. The number of benzene rings is 3. The second-order valence-electron chi connectivity index (χ2n) is 6.98. The Labute approximate surface area is 194 Å². The summed E-state index contributed by atoms with van der Waals surface area (Å²) in [6.45, 7) is 2.72. The standard InChI is InChI=1S/C24H20Cl2N2O2S/c1-2-3-11-30-17-8-6-7-15(12-17)23(29)28-22-18(13-16(25)14-19(22)26)24-27-20-9-4-5-10-21(20)31-24/h4-10,12-14H,2-3,11H2,1H3,(H,28,29). The second-order valence-corrected chi connectivity index (χ2v) is 8.86. The molecule has 1 heterocycles. The van der Waals surface area contributed by atoms with Crippen LogP contribution in [0.25, 0.3) is 20.8 Å². The molecule has 0 aliphatic rings. The van der Waals surface area contributed by atoms with Gasteiger partial charge in [-0.3, -0.25) is 4.79 Å². The lowest BCUT2D eigenvalue weighted by Gasteiger charge is -2.13. The van der Waals surface area contributed by atoms with E-state index < -0.39 is 0 Å². The Hall–Kier alpha value is -2.60. The van der Waals surface area contributed by atoms with E-state index in [9.17, 15) is 4.79 Å². The lowest BCUT2D eigenvalue weighted by atomic mass is 10.1. The number of rotatable bonds is 7. The van der Waals surface area contributed by atoms with Crippen molar-refractivity contribution in [2.75, 3.05) is 11.9 Å². The van der Waals surface area contributed by atoms with Gasteiger partial charge in [-0.2, -0.15) is 0 Å². The molecule has 4 aromatic rings. The van der Waals surface area contributed by atoms with Crippen molar-refractivity contribution in [3.05, 3.63) is 76.3 Å². The molecule has 7 heteroatoms. The van der Waals surface area contributed by atoms with Crippen molar-refractivity contribution in [2.24, 2.45) is 0 Å². The first-order valence-electron chi connectivity index (χ1n) is 9.94. The molecule has 0 radical (unpaired) electrons. The highest BCUT2D eigenvalue weighted by Gasteiger charge is 2.18. The molecule has 0 unspecified atom stereocenters. The number of hydrogen-bond acceptors (Lipinski definition) is 4. The van der Waals surface area contributed by atoms with Crippen LogP contribution in [-0.4, -0.2) is 17.5 Å². The second kappa shape index (κ2) is 9.69. The molecule has 158 valence electrons. The van der Waals surface area contributed by atoms with E-state index in [2.05, 4.69) is 12.2 Å². The van der Waals surface area contributed by atoms with E-state index in [4.69, 9.17) is 32.9 Å². The average molecular weight is 471 g/mol. The minimum atomic E-state index is -0.285. The summed E-state index contributed by atoms with van der Waals surface area (Å²) < 4.78 is 6.77. The maximum Gasteiger partial charge on any atom is 0.255 e. The molecule has 0 atom stereocenters. The summed E-state index contributed by atoms with van der Waals surface area (Å²) in [5.41, 5.74) is 2.53. The molecule has 0 saturated carbocycles. The van der Waals surface area contributed by atoms with E-state index in [0.29, 0.717) is 39.2 Å². The molecule has 1 aromatic heterocycles. The first-order valence-corrected chi connectivity index (χ1v) is 11.5. The highest BCUT2D eigenvalue weighted by molar-refractivity contribution is 7.21. The molecule has 4 rings (SSSR count). The number of thiazole rings is 1. The number of nitrogens with zero attached hydrogens (tertiary/aromatic N) is 1. The lowest BCUT2D eigenvalue weighted by Crippen LogP contribution is -2.13. The molecule has 0 spiro atoms. The smallest absolute Gasteiger partial charge is 0.255 e. The number of nitrogens with one attached hydrogen (secondary N) is 1. The summed E-state index contributed by atoms with van der Waals surface area (Å²) in [4.78, 5) is 17.7. The first-order chi connectivity index (χ1) is 15.0. The molecular formula is C24H20Cl2N2O2S. The van der Waals surface area contributed by atoms with E-state index in [-0.39, 0.29) is 5.91 Å². The van der Waals surface area contributed by atoms with Crippen molar-refractivity contribution in [3.63, 3.8) is 0 Å². The van der Waals surface area contributed by atoms with Crippen LogP contribution in [0.3, 0.4) is 0 Å². The first kappa shape index (κ1) is 21.6. The van der Waals surface area contributed by atoms with E-state index in [0.717, 1.165) is 28.1 Å². The number of aromatic nitrogens is 1. The SMILES string of the molecule is CCCCOc1cccc(C(=O)Nc2c(Cl)cc(Cl)cc2-c2nc3ccccc3s2)c1. The molecule has 1 amide bonds. The third kappa shape index (κ3) is 5.01. The third-order valence-electron chi connectivity index (χ3n) is 4.68. The normalized spacial score (nSPS) is 10.9. The van der Waals surface area contributed by atoms with Crippen molar-refractivity contribution in [3.8, 4) is 16.3 Å². The molecule has 0 aliphatic carbocycles. The van der Waals surface area contributed by atoms with Gasteiger partial charge in [0, 0.05) is 16.1 Å². The van der Waals surface area contributed by atoms with Gasteiger partial charge in [-0.25, -0.2) is 4.98 Å². The predicted octanol–water partition coefficient (Wildman–Crippen LogP) is 7.70. The Kier molecular flexibility index (Phi) is 6.76. The van der Waals surface area contributed by atoms with Crippen LogP contribution in [0.15, 0.2) is 60.7 Å². The lowest BCUT2D eigenvalue weighted by molar-refractivity contribution is 0.102. The van der Waals surface area contributed by atoms with Gasteiger partial charge in [0.2, 0.25) is 0 Å². The molecular weight excluding hydrogens is 451 g/mol. The average Bonchev–Trinajstić information content (AvgIpc) is 3.20. The molecule has 0 saturated heterocycles. The number of hydrogen-bond donors (Lipinski definition) is 1. The van der Waals surface area contributed by atoms with Crippen LogP contribution in [0, 0.1) is 0 Å². The van der Waals surface area contributed by atoms with Crippen molar-refractivity contribution < 1.29 is 9.53 Å². The van der Waals surface area contributed by atoms with Crippen molar-refractivity contribution in [1.82, 2.24) is 4.98 Å². The summed E-state index contributed by atoms with van der Waals surface area (Å²) in [6, 6.07) is 18.3. The molecule has 31 heavy (non-hydrogen) atoms. The summed E-state index contributed by atoms with van der Waals surface area (Å²) >= 11 is 14.3. The van der Waals surface area contributed by atoms with Crippen LogP contribution in [-0.2, 0) is 0 Å². The number of anilines is 1. The highest BCUT2D eigenvalue weighted by atomic mass is 35.5. The van der Waals surface area contributed by atoms with Gasteiger partial charge in [-0.1, -0.05) is 54.7 Å². The summed E-state index contributed by atoms with van der Waals surface area (Å²) in [5.74, 6) is 0.377. The van der Waals surface area contributed by atoms with Crippen LogP contribution in [0.1, 0.15) is 30.1 Å². The maximum absolute atomic E-state index is 13.0. The zero-order valence-corrected chi connectivity index (χ0v) is 19.2. The number of amides is 1. The minimum absolute atomic E-state index is 0.285. The molecule has 0 fully saturated rings. The number of unbranched alkanes of at least 4 members (excludes halogenated alkanes) is 1. The zero-order chi connectivity index (χ0) is 21.8. The predicted molar refractivity (Wildman–Crippen MR) is 130 cm³/mol. The third-order valence-corrected chi connectivity index (χ3v) is 6.27. The largest absolute Gasteiger partial charge is 0.494 e. The number of halogens is 2. The Morgan fingerprint density at radius 2 is 1.94 bits per heavy atom. The Morgan fingerprint density at radius 1 is 1.10 bits per heavy atom. The summed E-state index contributed by atoms with van der Waals surface area (Å²) in [7, 11) is 0. The van der Waals surface area contributed by atoms with Gasteiger partial charge in [-0.05, 0) is 48.9 Å². The Morgan fingerprint density at radius 3 is 2.74 bits per heavy atom. The van der Waals surface area contributed by atoms with Crippen molar-refractivity contribution in [2.45, 2.75) is 19.8 Å². The van der Waals surface area contributed by atoms with Gasteiger partial charge in [0.15, 0.2) is 0 Å². The molecule has 1 N–H and O–H groups in total. The maximum atomic E-state index is 13.0. The number of para-hydroxylation sites is 1. The summed E-state index contributed by atoms with van der Waals surface area (Å²) in [6.07, 6.45) is 2.01. The van der Waals surface area contributed by atoms with E-state index >= 15 is 0 Å². The number of fused-ring (bicyclic) bond motifs is 1. The monoisotopic (exact) mass is 470 g/mol. The van der Waals surface area contributed by atoms with Crippen LogP contribution < -0.4 is 10.1 Å². The quantitative estimate of drug-likeness (QED) is 0.281. The van der Waals surface area contributed by atoms with Crippen LogP contribution in [0.4, 0.5) is 5.69 Å².